The Morgan fingerprint density at radius 2 is 1.95 bits per heavy atom. The number of pyridine rings is 1. The van der Waals surface area contributed by atoms with Gasteiger partial charge in [-0.15, -0.1) is 0 Å². The summed E-state index contributed by atoms with van der Waals surface area (Å²) in [5.74, 6) is 0. The molecule has 0 aliphatic carbocycles. The average Bonchev–Trinajstić information content (AvgIpc) is 2.51. The third-order valence-corrected chi connectivity index (χ3v) is 3.75. The largest absolute Gasteiger partial charge is 0.398 e. The van der Waals surface area contributed by atoms with Gasteiger partial charge in [-0.1, -0.05) is 12.1 Å². The maximum atomic E-state index is 6.07. The van der Waals surface area contributed by atoms with Gasteiger partial charge in [0.15, 0.2) is 0 Å². The van der Waals surface area contributed by atoms with Gasteiger partial charge in [-0.2, -0.15) is 0 Å². The van der Waals surface area contributed by atoms with E-state index >= 15 is 0 Å². The van der Waals surface area contributed by atoms with Crippen LogP contribution < -0.4 is 10.6 Å². The zero-order chi connectivity index (χ0) is 14.8. The van der Waals surface area contributed by atoms with Gasteiger partial charge >= 0.3 is 0 Å². The van der Waals surface area contributed by atoms with Crippen LogP contribution in [0.25, 0.3) is 10.8 Å². The zero-order valence-corrected chi connectivity index (χ0v) is 12.4. The van der Waals surface area contributed by atoms with E-state index in [2.05, 4.69) is 54.1 Å². The number of nitrogens with zero attached hydrogens (tertiary/aromatic N) is 2. The predicted octanol–water partition coefficient (Wildman–Crippen LogP) is 4.28. The third kappa shape index (κ3) is 2.42. The second-order valence-corrected chi connectivity index (χ2v) is 5.18. The highest BCUT2D eigenvalue weighted by molar-refractivity contribution is 6.02. The predicted molar refractivity (Wildman–Crippen MR) is 90.0 cm³/mol. The molecule has 21 heavy (non-hydrogen) atoms. The van der Waals surface area contributed by atoms with Crippen LogP contribution in [-0.2, 0) is 0 Å². The molecule has 1 heterocycles. The summed E-state index contributed by atoms with van der Waals surface area (Å²) in [5, 5.41) is 2.13. The molecule has 0 bridgehead atoms. The summed E-state index contributed by atoms with van der Waals surface area (Å²) < 4.78 is 0. The minimum Gasteiger partial charge on any atom is -0.398 e. The quantitative estimate of drug-likeness (QED) is 0.726. The number of fused-ring (bicyclic) bond motifs is 1. The number of nitrogen functional groups attached to an aromatic ring is 1. The molecule has 106 valence electrons. The molecular weight excluding hydrogens is 258 g/mol. The van der Waals surface area contributed by atoms with Gasteiger partial charge in [0.2, 0.25) is 0 Å². The topological polar surface area (TPSA) is 42.1 Å². The van der Waals surface area contributed by atoms with E-state index in [1.807, 2.05) is 24.5 Å². The van der Waals surface area contributed by atoms with Crippen LogP contribution in [0.4, 0.5) is 17.1 Å². The summed E-state index contributed by atoms with van der Waals surface area (Å²) in [4.78, 5) is 6.49. The molecule has 0 aliphatic rings. The van der Waals surface area contributed by atoms with E-state index in [0.717, 1.165) is 28.7 Å². The van der Waals surface area contributed by atoms with Crippen molar-refractivity contribution >= 4 is 27.8 Å². The molecule has 1 aromatic heterocycles. The van der Waals surface area contributed by atoms with Crippen LogP contribution >= 0.6 is 0 Å². The van der Waals surface area contributed by atoms with Crippen molar-refractivity contribution in [3.63, 3.8) is 0 Å². The number of aromatic nitrogens is 1. The van der Waals surface area contributed by atoms with Crippen molar-refractivity contribution in [3.05, 3.63) is 60.4 Å². The van der Waals surface area contributed by atoms with E-state index in [1.165, 1.54) is 11.3 Å². The number of hydrogen-bond donors (Lipinski definition) is 1. The highest BCUT2D eigenvalue weighted by Gasteiger charge is 2.12. The molecule has 3 rings (SSSR count). The Morgan fingerprint density at radius 3 is 2.71 bits per heavy atom. The smallest absolute Gasteiger partial charge is 0.0492 e. The van der Waals surface area contributed by atoms with Crippen LogP contribution in [0, 0.1) is 6.92 Å². The highest BCUT2D eigenvalue weighted by atomic mass is 15.1. The van der Waals surface area contributed by atoms with Crippen LogP contribution in [0.15, 0.2) is 54.9 Å². The average molecular weight is 277 g/mol. The minimum atomic E-state index is 0.766. The van der Waals surface area contributed by atoms with Crippen LogP contribution in [-0.4, -0.2) is 11.5 Å². The van der Waals surface area contributed by atoms with Crippen molar-refractivity contribution in [1.29, 1.82) is 0 Å². The van der Waals surface area contributed by atoms with Crippen molar-refractivity contribution in [1.82, 2.24) is 4.98 Å². The van der Waals surface area contributed by atoms with Crippen molar-refractivity contribution in [2.45, 2.75) is 13.8 Å². The number of anilines is 3. The molecule has 3 nitrogen and oxygen atoms in total. The molecule has 0 unspecified atom stereocenters. The molecule has 0 spiro atoms. The summed E-state index contributed by atoms with van der Waals surface area (Å²) >= 11 is 0. The second kappa shape index (κ2) is 5.44. The number of hydrogen-bond acceptors (Lipinski definition) is 3. The monoisotopic (exact) mass is 277 g/mol. The van der Waals surface area contributed by atoms with E-state index in [-0.39, 0.29) is 0 Å². The molecule has 3 heteroatoms. The fourth-order valence-electron chi connectivity index (χ4n) is 2.72. The summed E-state index contributed by atoms with van der Waals surface area (Å²) in [7, 11) is 0. The van der Waals surface area contributed by atoms with E-state index in [9.17, 15) is 0 Å². The summed E-state index contributed by atoms with van der Waals surface area (Å²) in [6, 6.07) is 14.6. The van der Waals surface area contributed by atoms with Gasteiger partial charge in [0.25, 0.3) is 0 Å². The summed E-state index contributed by atoms with van der Waals surface area (Å²) in [6.45, 7) is 5.17. The van der Waals surface area contributed by atoms with Crippen LogP contribution in [0.3, 0.4) is 0 Å². The highest BCUT2D eigenvalue weighted by Crippen LogP contribution is 2.34. The Bertz CT molecular complexity index is 780. The number of rotatable bonds is 3. The fourth-order valence-corrected chi connectivity index (χ4v) is 2.72. The molecular formula is C18H19N3. The van der Waals surface area contributed by atoms with Crippen molar-refractivity contribution in [3.8, 4) is 0 Å². The number of aryl methyl sites for hydroxylation is 1. The molecule has 0 saturated heterocycles. The Balaban J connectivity index is 2.20. The molecule has 0 aliphatic heterocycles. The normalized spacial score (nSPS) is 10.8. The molecule has 0 fully saturated rings. The van der Waals surface area contributed by atoms with Crippen molar-refractivity contribution < 1.29 is 0 Å². The molecule has 0 atom stereocenters. The van der Waals surface area contributed by atoms with Crippen LogP contribution in [0.1, 0.15) is 12.5 Å². The lowest BCUT2D eigenvalue weighted by molar-refractivity contribution is 1.03. The lowest BCUT2D eigenvalue weighted by Crippen LogP contribution is -2.16. The third-order valence-electron chi connectivity index (χ3n) is 3.75. The summed E-state index contributed by atoms with van der Waals surface area (Å²) in [6.07, 6.45) is 3.65. The molecule has 0 radical (unpaired) electrons. The van der Waals surface area contributed by atoms with Gasteiger partial charge in [-0.25, -0.2) is 0 Å². The van der Waals surface area contributed by atoms with Gasteiger partial charge < -0.3 is 10.6 Å². The molecule has 0 saturated carbocycles. The van der Waals surface area contributed by atoms with Gasteiger partial charge in [-0.05, 0) is 49.7 Å². The first kappa shape index (κ1) is 13.4. The van der Waals surface area contributed by atoms with Gasteiger partial charge in [0.1, 0.15) is 0 Å². The Labute approximate surface area is 125 Å². The van der Waals surface area contributed by atoms with Crippen LogP contribution in [0.2, 0.25) is 0 Å². The maximum Gasteiger partial charge on any atom is 0.0492 e. The van der Waals surface area contributed by atoms with Crippen LogP contribution in [0.5, 0.6) is 0 Å². The minimum absolute atomic E-state index is 0.766. The van der Waals surface area contributed by atoms with Gasteiger partial charge in [-0.3, -0.25) is 4.98 Å². The molecule has 0 amide bonds. The standard InChI is InChI=1S/C18H19N3/c1-3-21(14-6-4-5-13(2)11-14)18-8-7-17(19)16-12-20-10-9-15(16)18/h4-12H,3,19H2,1-2H3. The Morgan fingerprint density at radius 1 is 1.10 bits per heavy atom. The van der Waals surface area contributed by atoms with E-state index < -0.39 is 0 Å². The van der Waals surface area contributed by atoms with Gasteiger partial charge in [0, 0.05) is 46.8 Å². The van der Waals surface area contributed by atoms with E-state index in [1.54, 1.807) is 0 Å². The maximum absolute atomic E-state index is 6.07. The fraction of sp³-hybridized carbons (Fsp3) is 0.167. The lowest BCUT2D eigenvalue weighted by Gasteiger charge is -2.25. The van der Waals surface area contributed by atoms with E-state index in [4.69, 9.17) is 5.73 Å². The number of benzene rings is 2. The Hall–Kier alpha value is -2.55. The first-order valence-electron chi connectivity index (χ1n) is 7.17. The molecule has 2 N–H and O–H groups in total. The Kier molecular flexibility index (Phi) is 3.48. The molecule has 3 aromatic rings. The van der Waals surface area contributed by atoms with Gasteiger partial charge in [0.05, 0.1) is 0 Å². The summed E-state index contributed by atoms with van der Waals surface area (Å²) in [5.41, 5.74) is 10.5. The van der Waals surface area contributed by atoms with Crippen molar-refractivity contribution in [2.75, 3.05) is 17.2 Å². The first-order chi connectivity index (χ1) is 10.2. The zero-order valence-electron chi connectivity index (χ0n) is 12.4. The SMILES string of the molecule is CCN(c1cccc(C)c1)c1ccc(N)c2cnccc12. The van der Waals surface area contributed by atoms with Crippen molar-refractivity contribution in [2.24, 2.45) is 0 Å². The lowest BCUT2D eigenvalue weighted by atomic mass is 10.1. The first-order valence-corrected chi connectivity index (χ1v) is 7.17. The second-order valence-electron chi connectivity index (χ2n) is 5.18. The van der Waals surface area contributed by atoms with E-state index in [0.29, 0.717) is 0 Å². The molecule has 2 aromatic carbocycles. The number of nitrogens with two attached hydrogens (primary N) is 1.